The SMILES string of the molecule is Cc1ccc(-c2noc(CCC(=O)Nc3ccccc3SCc3ccsc3)n2)cc1. The zero-order valence-electron chi connectivity index (χ0n) is 16.5. The number of thiophene rings is 1. The van der Waals surface area contributed by atoms with Crippen LogP contribution in [0.4, 0.5) is 5.69 Å². The highest BCUT2D eigenvalue weighted by Crippen LogP contribution is 2.30. The molecule has 5 nitrogen and oxygen atoms in total. The molecule has 0 aliphatic heterocycles. The highest BCUT2D eigenvalue weighted by atomic mass is 32.2. The lowest BCUT2D eigenvalue weighted by molar-refractivity contribution is -0.116. The van der Waals surface area contributed by atoms with Gasteiger partial charge in [0.05, 0.1) is 5.69 Å². The van der Waals surface area contributed by atoms with Crippen molar-refractivity contribution in [1.29, 1.82) is 0 Å². The van der Waals surface area contributed by atoms with E-state index in [1.807, 2.05) is 55.5 Å². The van der Waals surface area contributed by atoms with Gasteiger partial charge in [-0.25, -0.2) is 0 Å². The van der Waals surface area contributed by atoms with Crippen molar-refractivity contribution < 1.29 is 9.32 Å². The molecule has 7 heteroatoms. The van der Waals surface area contributed by atoms with Gasteiger partial charge in [0, 0.05) is 29.1 Å². The highest BCUT2D eigenvalue weighted by molar-refractivity contribution is 7.98. The summed E-state index contributed by atoms with van der Waals surface area (Å²) in [7, 11) is 0. The number of thioether (sulfide) groups is 1. The number of para-hydroxylation sites is 1. The monoisotopic (exact) mass is 435 g/mol. The fourth-order valence-electron chi connectivity index (χ4n) is 2.84. The van der Waals surface area contributed by atoms with Crippen LogP contribution >= 0.6 is 23.1 Å². The molecule has 0 saturated carbocycles. The standard InChI is InChI=1S/C23H21N3O2S2/c1-16-6-8-18(9-7-16)23-25-22(28-26-23)11-10-21(27)24-19-4-2-3-5-20(19)30-15-17-12-13-29-14-17/h2-9,12-14H,10-11,15H2,1H3,(H,24,27). The zero-order chi connectivity index (χ0) is 20.8. The van der Waals surface area contributed by atoms with Gasteiger partial charge in [0.25, 0.3) is 0 Å². The second kappa shape index (κ2) is 9.73. The number of rotatable bonds is 8. The summed E-state index contributed by atoms with van der Waals surface area (Å²) in [6, 6.07) is 17.9. The van der Waals surface area contributed by atoms with Crippen LogP contribution in [0.2, 0.25) is 0 Å². The van der Waals surface area contributed by atoms with Gasteiger partial charge in [-0.2, -0.15) is 16.3 Å². The lowest BCUT2D eigenvalue weighted by Gasteiger charge is -2.10. The predicted octanol–water partition coefficient (Wildman–Crippen LogP) is 5.97. The van der Waals surface area contributed by atoms with E-state index < -0.39 is 0 Å². The first-order valence-corrected chi connectivity index (χ1v) is 11.5. The van der Waals surface area contributed by atoms with Gasteiger partial charge in [0.15, 0.2) is 0 Å². The Labute approximate surface area is 183 Å². The third-order valence-corrected chi connectivity index (χ3v) is 6.36. The molecule has 0 radical (unpaired) electrons. The van der Waals surface area contributed by atoms with Crippen molar-refractivity contribution in [3.63, 3.8) is 0 Å². The maximum atomic E-state index is 12.5. The van der Waals surface area contributed by atoms with Crippen molar-refractivity contribution >= 4 is 34.7 Å². The van der Waals surface area contributed by atoms with Crippen LogP contribution in [0, 0.1) is 6.92 Å². The number of carbonyl (C=O) groups is 1. The second-order valence-corrected chi connectivity index (χ2v) is 8.64. The van der Waals surface area contributed by atoms with E-state index in [0.717, 1.165) is 21.9 Å². The molecule has 4 rings (SSSR count). The fourth-order valence-corrected chi connectivity index (χ4v) is 4.57. The Hall–Kier alpha value is -2.90. The largest absolute Gasteiger partial charge is 0.339 e. The van der Waals surface area contributed by atoms with E-state index in [-0.39, 0.29) is 12.3 Å². The van der Waals surface area contributed by atoms with Gasteiger partial charge in [-0.15, -0.1) is 11.8 Å². The number of aryl methyl sites for hydroxylation is 2. The number of nitrogens with zero attached hydrogens (tertiary/aromatic N) is 2. The predicted molar refractivity (Wildman–Crippen MR) is 122 cm³/mol. The van der Waals surface area contributed by atoms with Crippen molar-refractivity contribution in [2.24, 2.45) is 0 Å². The Morgan fingerprint density at radius 3 is 2.77 bits per heavy atom. The number of hydrogen-bond acceptors (Lipinski definition) is 6. The normalized spacial score (nSPS) is 10.8. The van der Waals surface area contributed by atoms with Crippen molar-refractivity contribution in [3.8, 4) is 11.4 Å². The minimum atomic E-state index is -0.0753. The van der Waals surface area contributed by atoms with Crippen molar-refractivity contribution in [2.75, 3.05) is 5.32 Å². The number of carbonyl (C=O) groups excluding carboxylic acids is 1. The summed E-state index contributed by atoms with van der Waals surface area (Å²) in [6.07, 6.45) is 0.675. The highest BCUT2D eigenvalue weighted by Gasteiger charge is 2.12. The molecule has 0 atom stereocenters. The van der Waals surface area contributed by atoms with Crippen molar-refractivity contribution in [3.05, 3.63) is 82.4 Å². The molecule has 2 aromatic heterocycles. The van der Waals surface area contributed by atoms with Crippen LogP contribution < -0.4 is 5.32 Å². The summed E-state index contributed by atoms with van der Waals surface area (Å²) in [5.41, 5.74) is 4.19. The molecule has 0 aliphatic rings. The van der Waals surface area contributed by atoms with Gasteiger partial charge in [-0.05, 0) is 41.4 Å². The van der Waals surface area contributed by atoms with E-state index in [9.17, 15) is 4.79 Å². The first kappa shape index (κ1) is 20.4. The fraction of sp³-hybridized carbons (Fsp3) is 0.174. The smallest absolute Gasteiger partial charge is 0.227 e. The maximum Gasteiger partial charge on any atom is 0.227 e. The van der Waals surface area contributed by atoms with Crippen LogP contribution in [0.3, 0.4) is 0 Å². The molecule has 0 unspecified atom stereocenters. The number of amides is 1. The average molecular weight is 436 g/mol. The van der Waals surface area contributed by atoms with Gasteiger partial charge >= 0.3 is 0 Å². The van der Waals surface area contributed by atoms with Crippen LogP contribution in [0.15, 0.2) is 74.8 Å². The summed E-state index contributed by atoms with van der Waals surface area (Å²) in [6.45, 7) is 2.03. The van der Waals surface area contributed by atoms with E-state index in [4.69, 9.17) is 4.52 Å². The Bertz CT molecular complexity index is 1110. The molecular formula is C23H21N3O2S2. The molecule has 2 aromatic carbocycles. The summed E-state index contributed by atoms with van der Waals surface area (Å²) in [5.74, 6) is 1.80. The second-order valence-electron chi connectivity index (χ2n) is 6.84. The Morgan fingerprint density at radius 1 is 1.13 bits per heavy atom. The van der Waals surface area contributed by atoms with E-state index in [1.54, 1.807) is 23.1 Å². The summed E-state index contributed by atoms with van der Waals surface area (Å²) >= 11 is 3.41. The number of aromatic nitrogens is 2. The van der Waals surface area contributed by atoms with Crippen LogP contribution in [0.1, 0.15) is 23.4 Å². The van der Waals surface area contributed by atoms with E-state index >= 15 is 0 Å². The minimum absolute atomic E-state index is 0.0753. The molecule has 152 valence electrons. The summed E-state index contributed by atoms with van der Waals surface area (Å²) < 4.78 is 5.31. The molecule has 1 N–H and O–H groups in total. The number of nitrogens with one attached hydrogen (secondary N) is 1. The number of hydrogen-bond donors (Lipinski definition) is 1. The van der Waals surface area contributed by atoms with Gasteiger partial charge < -0.3 is 9.84 Å². The van der Waals surface area contributed by atoms with E-state index in [1.165, 1.54) is 11.1 Å². The summed E-state index contributed by atoms with van der Waals surface area (Å²) in [5, 5.41) is 11.2. The Balaban J connectivity index is 1.33. The third-order valence-electron chi connectivity index (χ3n) is 4.48. The molecule has 0 bridgehead atoms. The van der Waals surface area contributed by atoms with E-state index in [0.29, 0.717) is 18.1 Å². The quantitative estimate of drug-likeness (QED) is 0.345. The average Bonchev–Trinajstić information content (AvgIpc) is 3.44. The Kier molecular flexibility index (Phi) is 6.61. The van der Waals surface area contributed by atoms with Crippen molar-refractivity contribution in [1.82, 2.24) is 10.1 Å². The summed E-state index contributed by atoms with van der Waals surface area (Å²) in [4.78, 5) is 17.9. The van der Waals surface area contributed by atoms with E-state index in [2.05, 4.69) is 32.3 Å². The molecule has 1 amide bonds. The molecule has 0 spiro atoms. The first-order chi connectivity index (χ1) is 14.7. The molecule has 0 saturated heterocycles. The van der Waals surface area contributed by atoms with Crippen LogP contribution in [-0.4, -0.2) is 16.0 Å². The molecule has 30 heavy (non-hydrogen) atoms. The molecule has 0 fully saturated rings. The molecule has 2 heterocycles. The lowest BCUT2D eigenvalue weighted by Crippen LogP contribution is -2.13. The van der Waals surface area contributed by atoms with Crippen LogP contribution in [-0.2, 0) is 17.0 Å². The Morgan fingerprint density at radius 2 is 1.97 bits per heavy atom. The van der Waals surface area contributed by atoms with Gasteiger partial charge in [-0.3, -0.25) is 4.79 Å². The van der Waals surface area contributed by atoms with Crippen LogP contribution in [0.5, 0.6) is 0 Å². The molecule has 4 aromatic rings. The number of anilines is 1. The number of benzene rings is 2. The third kappa shape index (κ3) is 5.37. The van der Waals surface area contributed by atoms with Gasteiger partial charge in [-0.1, -0.05) is 47.1 Å². The van der Waals surface area contributed by atoms with Gasteiger partial charge in [0.1, 0.15) is 0 Å². The first-order valence-electron chi connectivity index (χ1n) is 9.60. The maximum absolute atomic E-state index is 12.5. The van der Waals surface area contributed by atoms with Crippen LogP contribution in [0.25, 0.3) is 11.4 Å². The molecular weight excluding hydrogens is 414 g/mol. The molecule has 0 aliphatic carbocycles. The van der Waals surface area contributed by atoms with Gasteiger partial charge in [0.2, 0.25) is 17.6 Å². The lowest BCUT2D eigenvalue weighted by atomic mass is 10.1. The topological polar surface area (TPSA) is 68.0 Å². The van der Waals surface area contributed by atoms with Crippen molar-refractivity contribution in [2.45, 2.75) is 30.4 Å². The zero-order valence-corrected chi connectivity index (χ0v) is 18.1. The minimum Gasteiger partial charge on any atom is -0.339 e.